The van der Waals surface area contributed by atoms with E-state index in [1.807, 2.05) is 36.4 Å². The number of halogens is 2. The van der Waals surface area contributed by atoms with Gasteiger partial charge in [0.15, 0.2) is 22.9 Å². The zero-order chi connectivity index (χ0) is 30.2. The normalized spacial score (nSPS) is 21.5. The molecule has 1 amide bonds. The van der Waals surface area contributed by atoms with E-state index in [1.54, 1.807) is 6.07 Å². The number of nitrogens with zero attached hydrogens (tertiary/aromatic N) is 2. The first-order valence-corrected chi connectivity index (χ1v) is 16.8. The summed E-state index contributed by atoms with van der Waals surface area (Å²) in [6.07, 6.45) is 2.97. The number of aromatic nitrogens is 1. The molecule has 8 rings (SSSR count). The fourth-order valence-electron chi connectivity index (χ4n) is 6.67. The minimum Gasteiger partial charge on any atom is -0.486 e. The molecule has 44 heavy (non-hydrogen) atoms. The van der Waals surface area contributed by atoms with E-state index in [2.05, 4.69) is 14.6 Å². The van der Waals surface area contributed by atoms with Gasteiger partial charge >= 0.3 is 0 Å². The molecule has 0 unspecified atom stereocenters. The van der Waals surface area contributed by atoms with Crippen LogP contribution in [0.4, 0.5) is 4.39 Å². The lowest BCUT2D eigenvalue weighted by atomic mass is 10.0. The number of amides is 1. The van der Waals surface area contributed by atoms with Gasteiger partial charge in [-0.1, -0.05) is 29.8 Å². The number of hydrogen-bond donors (Lipinski definition) is 1. The molecular weight excluding hydrogens is 609 g/mol. The molecule has 0 spiro atoms. The molecule has 2 aliphatic heterocycles. The lowest BCUT2D eigenvalue weighted by Gasteiger charge is -2.24. The molecule has 4 aliphatic rings. The Hall–Kier alpha value is -3.67. The van der Waals surface area contributed by atoms with Crippen molar-refractivity contribution in [2.75, 3.05) is 26.3 Å². The molecule has 3 heterocycles. The first-order valence-electron chi connectivity index (χ1n) is 14.9. The van der Waals surface area contributed by atoms with Crippen LogP contribution in [0.15, 0.2) is 46.9 Å². The van der Waals surface area contributed by atoms with E-state index in [0.29, 0.717) is 91.6 Å². The Labute approximate surface area is 258 Å². The third-order valence-corrected chi connectivity index (χ3v) is 11.3. The number of likely N-dealkylation sites (tertiary alicyclic amines) is 1. The van der Waals surface area contributed by atoms with Crippen LogP contribution in [-0.2, 0) is 21.2 Å². The Bertz CT molecular complexity index is 1940. The van der Waals surface area contributed by atoms with Crippen molar-refractivity contribution < 1.29 is 31.5 Å². The summed E-state index contributed by atoms with van der Waals surface area (Å²) < 4.78 is 60.1. The lowest BCUT2D eigenvalue weighted by molar-refractivity contribution is -0.122. The third-order valence-electron chi connectivity index (χ3n) is 9.10. The van der Waals surface area contributed by atoms with Crippen molar-refractivity contribution in [2.24, 2.45) is 5.92 Å². The second-order valence-electron chi connectivity index (χ2n) is 11.9. The molecule has 1 saturated heterocycles. The van der Waals surface area contributed by atoms with Gasteiger partial charge in [0.2, 0.25) is 21.8 Å². The molecule has 2 aliphatic carbocycles. The van der Waals surface area contributed by atoms with E-state index in [4.69, 9.17) is 25.5 Å². The number of fused-ring (bicyclic) bond motifs is 3. The van der Waals surface area contributed by atoms with Gasteiger partial charge < -0.3 is 13.9 Å². The molecule has 9 nitrogen and oxygen atoms in total. The molecule has 0 bridgehead atoms. The molecule has 0 radical (unpaired) electrons. The van der Waals surface area contributed by atoms with Gasteiger partial charge in [-0.25, -0.2) is 17.8 Å². The maximum Gasteiger partial charge on any atom is 0.237 e. The number of sulfonamides is 1. The summed E-state index contributed by atoms with van der Waals surface area (Å²) in [7, 11) is -3.59. The second-order valence-corrected chi connectivity index (χ2v) is 14.2. The zero-order valence-electron chi connectivity index (χ0n) is 23.6. The largest absolute Gasteiger partial charge is 0.486 e. The highest BCUT2D eigenvalue weighted by atomic mass is 35.5. The predicted molar refractivity (Wildman–Crippen MR) is 162 cm³/mol. The van der Waals surface area contributed by atoms with Gasteiger partial charge in [0.05, 0.1) is 21.8 Å². The van der Waals surface area contributed by atoms with Crippen LogP contribution in [0.3, 0.4) is 0 Å². The first-order chi connectivity index (χ1) is 21.3. The summed E-state index contributed by atoms with van der Waals surface area (Å²) in [5.74, 6) is 0.248. The molecule has 2 fully saturated rings. The van der Waals surface area contributed by atoms with E-state index < -0.39 is 32.9 Å². The maximum atomic E-state index is 15.9. The average Bonchev–Trinajstić information content (AvgIpc) is 3.41. The van der Waals surface area contributed by atoms with Crippen LogP contribution in [0.1, 0.15) is 42.9 Å². The Morgan fingerprint density at radius 2 is 1.82 bits per heavy atom. The molecule has 2 atom stereocenters. The van der Waals surface area contributed by atoms with Gasteiger partial charge in [-0.3, -0.25) is 14.4 Å². The van der Waals surface area contributed by atoms with E-state index in [-0.39, 0.29) is 17.5 Å². The number of ether oxygens (including phenoxy) is 2. The minimum absolute atomic E-state index is 0.0872. The molecule has 1 N–H and O–H groups in total. The first kappa shape index (κ1) is 27.8. The van der Waals surface area contributed by atoms with Crippen LogP contribution >= 0.6 is 11.6 Å². The van der Waals surface area contributed by atoms with Crippen molar-refractivity contribution in [1.29, 1.82) is 0 Å². The van der Waals surface area contributed by atoms with Gasteiger partial charge in [-0.2, -0.15) is 0 Å². The molecular formula is C32H29ClFN3O6S. The summed E-state index contributed by atoms with van der Waals surface area (Å²) in [5.41, 5.74) is 4.04. The van der Waals surface area contributed by atoms with Crippen molar-refractivity contribution in [3.05, 3.63) is 64.4 Å². The van der Waals surface area contributed by atoms with E-state index in [1.165, 1.54) is 0 Å². The van der Waals surface area contributed by atoms with Crippen LogP contribution in [-0.4, -0.2) is 55.8 Å². The van der Waals surface area contributed by atoms with Crippen LogP contribution < -0.4 is 14.2 Å². The number of rotatable bonds is 6. The van der Waals surface area contributed by atoms with Gasteiger partial charge in [-0.05, 0) is 79.6 Å². The highest BCUT2D eigenvalue weighted by molar-refractivity contribution is 7.90. The Balaban J connectivity index is 1.07. The van der Waals surface area contributed by atoms with Gasteiger partial charge in [0.25, 0.3) is 0 Å². The predicted octanol–water partition coefficient (Wildman–Crippen LogP) is 5.64. The smallest absolute Gasteiger partial charge is 0.237 e. The monoisotopic (exact) mass is 637 g/mol. The Morgan fingerprint density at radius 3 is 2.64 bits per heavy atom. The third kappa shape index (κ3) is 4.72. The maximum absolute atomic E-state index is 15.9. The van der Waals surface area contributed by atoms with Crippen LogP contribution in [0.5, 0.6) is 11.5 Å². The second kappa shape index (κ2) is 10.5. The number of oxazole rings is 1. The Kier molecular flexibility index (Phi) is 6.62. The summed E-state index contributed by atoms with van der Waals surface area (Å²) in [5, 5.41) is -0.0271. The van der Waals surface area contributed by atoms with Crippen LogP contribution in [0.25, 0.3) is 33.7 Å². The Morgan fingerprint density at radius 1 is 1.02 bits per heavy atom. The lowest BCUT2D eigenvalue weighted by Crippen LogP contribution is -2.38. The van der Waals surface area contributed by atoms with E-state index in [9.17, 15) is 13.2 Å². The summed E-state index contributed by atoms with van der Waals surface area (Å²) in [6.45, 7) is 2.02. The highest BCUT2D eigenvalue weighted by Gasteiger charge is 2.41. The van der Waals surface area contributed by atoms with Crippen molar-refractivity contribution in [3.63, 3.8) is 0 Å². The number of carbonyl (C=O) groups excluding carboxylic acids is 1. The number of benzene rings is 3. The molecule has 3 aromatic carbocycles. The van der Waals surface area contributed by atoms with Gasteiger partial charge in [0, 0.05) is 18.2 Å². The van der Waals surface area contributed by atoms with Crippen LogP contribution in [0.2, 0.25) is 5.02 Å². The van der Waals surface area contributed by atoms with Gasteiger partial charge in [0.1, 0.15) is 18.7 Å². The molecule has 228 valence electrons. The van der Waals surface area contributed by atoms with E-state index >= 15 is 4.39 Å². The number of hydrogen-bond acceptors (Lipinski definition) is 8. The fourth-order valence-corrected chi connectivity index (χ4v) is 8.35. The SMILES string of the molecule is O=C(NS(=O)(=O)C1CC1)[C@@H]1CCN([C@@H]2CCc3c2cc2nc(-c4cccc(-c5ccc6c(c5)OCCO6)c4Cl)oc2c3F)C1. The fraction of sp³-hybridized carbons (Fsp3) is 0.375. The van der Waals surface area contributed by atoms with Crippen molar-refractivity contribution in [2.45, 2.75) is 43.4 Å². The molecule has 12 heteroatoms. The summed E-state index contributed by atoms with van der Waals surface area (Å²) in [6, 6.07) is 13.0. The zero-order valence-corrected chi connectivity index (χ0v) is 25.2. The van der Waals surface area contributed by atoms with Crippen LogP contribution in [0, 0.1) is 11.7 Å². The quantitative estimate of drug-likeness (QED) is 0.289. The van der Waals surface area contributed by atoms with Crippen molar-refractivity contribution in [1.82, 2.24) is 14.6 Å². The summed E-state index contributed by atoms with van der Waals surface area (Å²) >= 11 is 6.90. The topological polar surface area (TPSA) is 111 Å². The standard InChI is InChI=1S/C32H29ClFN3O6S/c33-28-20(17-4-9-26-27(14-17)42-13-12-41-26)2-1-3-22(28)32-35-24-15-23-21(29(34)30(24)43-32)7-8-25(23)37-11-10-18(16-37)31(38)36-44(39,40)19-5-6-19/h1-4,9,14-15,18-19,25H,5-8,10-13,16H2,(H,36,38)/t18-,25-/m1/s1. The average molecular weight is 638 g/mol. The van der Waals surface area contributed by atoms with Gasteiger partial charge in [-0.15, -0.1) is 0 Å². The molecule has 1 aromatic heterocycles. The number of nitrogens with one attached hydrogen (secondary N) is 1. The molecule has 1 saturated carbocycles. The minimum atomic E-state index is -3.59. The van der Waals surface area contributed by atoms with E-state index in [0.717, 1.165) is 16.7 Å². The van der Waals surface area contributed by atoms with Crippen molar-refractivity contribution >= 4 is 38.6 Å². The molecule has 4 aromatic rings. The highest BCUT2D eigenvalue weighted by Crippen LogP contribution is 2.44. The summed E-state index contributed by atoms with van der Waals surface area (Å²) in [4.78, 5) is 19.6. The van der Waals surface area contributed by atoms with Crippen molar-refractivity contribution in [3.8, 4) is 34.1 Å². The number of carbonyl (C=O) groups is 1.